The summed E-state index contributed by atoms with van der Waals surface area (Å²) in [5, 5.41) is 6.17. The zero-order chi connectivity index (χ0) is 15.9. The standard InChI is InChI=1S/C13H16Cl2N4O3/c14-9-7-10(15)12(18-8-9)22-6-3-17-13(21)19-4-1-11(20)16-2-5-19/h7-8H,1-6H2,(H,16,20)(H,17,21). The fourth-order valence-corrected chi connectivity index (χ4v) is 2.33. The minimum Gasteiger partial charge on any atom is -0.475 e. The molecule has 0 bridgehead atoms. The molecule has 120 valence electrons. The number of hydrogen-bond acceptors (Lipinski definition) is 4. The first-order valence-corrected chi connectivity index (χ1v) is 7.55. The van der Waals surface area contributed by atoms with Crippen LogP contribution < -0.4 is 15.4 Å². The highest BCUT2D eigenvalue weighted by molar-refractivity contribution is 6.35. The van der Waals surface area contributed by atoms with E-state index < -0.39 is 0 Å². The molecule has 1 aromatic rings. The van der Waals surface area contributed by atoms with Gasteiger partial charge in [-0.1, -0.05) is 23.2 Å². The summed E-state index contributed by atoms with van der Waals surface area (Å²) >= 11 is 11.7. The van der Waals surface area contributed by atoms with Crippen LogP contribution in [0, 0.1) is 0 Å². The van der Waals surface area contributed by atoms with E-state index in [-0.39, 0.29) is 24.4 Å². The summed E-state index contributed by atoms with van der Waals surface area (Å²) in [6.45, 7) is 1.89. The monoisotopic (exact) mass is 346 g/mol. The second-order valence-corrected chi connectivity index (χ2v) is 5.45. The molecule has 1 aliphatic heterocycles. The molecule has 9 heteroatoms. The molecule has 0 unspecified atom stereocenters. The highest BCUT2D eigenvalue weighted by atomic mass is 35.5. The van der Waals surface area contributed by atoms with Gasteiger partial charge in [-0.2, -0.15) is 0 Å². The smallest absolute Gasteiger partial charge is 0.317 e. The van der Waals surface area contributed by atoms with Crippen LogP contribution in [0.2, 0.25) is 10.0 Å². The summed E-state index contributed by atoms with van der Waals surface area (Å²) in [7, 11) is 0. The van der Waals surface area contributed by atoms with Gasteiger partial charge in [0.1, 0.15) is 11.6 Å². The lowest BCUT2D eigenvalue weighted by molar-refractivity contribution is -0.120. The van der Waals surface area contributed by atoms with Crippen LogP contribution in [0.15, 0.2) is 12.3 Å². The number of nitrogens with one attached hydrogen (secondary N) is 2. The average molecular weight is 347 g/mol. The summed E-state index contributed by atoms with van der Waals surface area (Å²) in [5.41, 5.74) is 0. The first-order valence-electron chi connectivity index (χ1n) is 6.79. The van der Waals surface area contributed by atoms with Gasteiger partial charge in [0, 0.05) is 32.3 Å². The summed E-state index contributed by atoms with van der Waals surface area (Å²) < 4.78 is 5.37. The van der Waals surface area contributed by atoms with Crippen molar-refractivity contribution in [1.82, 2.24) is 20.5 Å². The number of halogens is 2. The van der Waals surface area contributed by atoms with Crippen LogP contribution in [0.5, 0.6) is 5.88 Å². The van der Waals surface area contributed by atoms with Crippen molar-refractivity contribution in [2.75, 3.05) is 32.8 Å². The van der Waals surface area contributed by atoms with E-state index in [1.807, 2.05) is 0 Å². The Kier molecular flexibility index (Phi) is 6.09. The Morgan fingerprint density at radius 3 is 3.05 bits per heavy atom. The number of ether oxygens (including phenoxy) is 1. The largest absolute Gasteiger partial charge is 0.475 e. The molecule has 2 N–H and O–H groups in total. The highest BCUT2D eigenvalue weighted by Gasteiger charge is 2.17. The van der Waals surface area contributed by atoms with Crippen LogP contribution in [0.1, 0.15) is 6.42 Å². The molecule has 1 saturated heterocycles. The lowest BCUT2D eigenvalue weighted by Gasteiger charge is -2.20. The van der Waals surface area contributed by atoms with Crippen molar-refractivity contribution in [3.05, 3.63) is 22.3 Å². The summed E-state index contributed by atoms with van der Waals surface area (Å²) in [4.78, 5) is 28.7. The van der Waals surface area contributed by atoms with E-state index in [0.717, 1.165) is 0 Å². The van der Waals surface area contributed by atoms with E-state index >= 15 is 0 Å². The number of pyridine rings is 1. The molecule has 0 saturated carbocycles. The third-order valence-electron chi connectivity index (χ3n) is 2.99. The molecule has 2 heterocycles. The normalized spacial score (nSPS) is 15.0. The zero-order valence-corrected chi connectivity index (χ0v) is 13.3. The SMILES string of the molecule is O=C1CCN(C(=O)NCCOc2ncc(Cl)cc2Cl)CCN1. The van der Waals surface area contributed by atoms with Crippen LogP contribution in [0.3, 0.4) is 0 Å². The van der Waals surface area contributed by atoms with Crippen molar-refractivity contribution in [2.24, 2.45) is 0 Å². The highest BCUT2D eigenvalue weighted by Crippen LogP contribution is 2.24. The Morgan fingerprint density at radius 2 is 2.27 bits per heavy atom. The molecule has 0 aliphatic carbocycles. The van der Waals surface area contributed by atoms with E-state index in [0.29, 0.717) is 42.6 Å². The maximum Gasteiger partial charge on any atom is 0.317 e. The number of carbonyl (C=O) groups is 2. The third kappa shape index (κ3) is 4.92. The molecule has 0 atom stereocenters. The van der Waals surface area contributed by atoms with Gasteiger partial charge >= 0.3 is 6.03 Å². The van der Waals surface area contributed by atoms with Crippen molar-refractivity contribution in [1.29, 1.82) is 0 Å². The molecule has 1 aromatic heterocycles. The van der Waals surface area contributed by atoms with E-state index in [9.17, 15) is 9.59 Å². The molecule has 0 radical (unpaired) electrons. The topological polar surface area (TPSA) is 83.6 Å². The van der Waals surface area contributed by atoms with Crippen LogP contribution in [-0.2, 0) is 4.79 Å². The molecule has 0 aromatic carbocycles. The lowest BCUT2D eigenvalue weighted by Crippen LogP contribution is -2.43. The average Bonchev–Trinajstić information content (AvgIpc) is 2.70. The number of rotatable bonds is 4. The second kappa shape index (κ2) is 8.05. The Labute approximate surface area is 137 Å². The second-order valence-electron chi connectivity index (χ2n) is 4.61. The van der Waals surface area contributed by atoms with E-state index in [1.54, 1.807) is 4.90 Å². The first-order chi connectivity index (χ1) is 10.6. The van der Waals surface area contributed by atoms with Crippen molar-refractivity contribution in [2.45, 2.75) is 6.42 Å². The number of urea groups is 1. The van der Waals surface area contributed by atoms with E-state index in [4.69, 9.17) is 27.9 Å². The van der Waals surface area contributed by atoms with Crippen molar-refractivity contribution in [3.8, 4) is 5.88 Å². The summed E-state index contributed by atoms with van der Waals surface area (Å²) in [5.74, 6) is 0.229. The minimum atomic E-state index is -0.227. The Hall–Kier alpha value is -1.73. The van der Waals surface area contributed by atoms with Crippen LogP contribution in [0.4, 0.5) is 4.79 Å². The number of amides is 3. The Morgan fingerprint density at radius 1 is 1.45 bits per heavy atom. The molecule has 1 fully saturated rings. The van der Waals surface area contributed by atoms with Gasteiger partial charge in [-0.05, 0) is 6.07 Å². The van der Waals surface area contributed by atoms with Crippen LogP contribution in [-0.4, -0.2) is 54.6 Å². The minimum absolute atomic E-state index is 0.0397. The Bertz CT molecular complexity index is 556. The fourth-order valence-electron chi connectivity index (χ4n) is 1.90. The van der Waals surface area contributed by atoms with E-state index in [2.05, 4.69) is 15.6 Å². The van der Waals surface area contributed by atoms with Gasteiger partial charge in [0.25, 0.3) is 0 Å². The lowest BCUT2D eigenvalue weighted by atomic mass is 10.4. The van der Waals surface area contributed by atoms with Gasteiger partial charge in [-0.25, -0.2) is 9.78 Å². The first kappa shape index (κ1) is 16.6. The maximum absolute atomic E-state index is 11.9. The van der Waals surface area contributed by atoms with E-state index in [1.165, 1.54) is 12.3 Å². The molecule has 7 nitrogen and oxygen atoms in total. The van der Waals surface area contributed by atoms with Gasteiger partial charge in [0.2, 0.25) is 11.8 Å². The van der Waals surface area contributed by atoms with Crippen molar-refractivity contribution in [3.63, 3.8) is 0 Å². The van der Waals surface area contributed by atoms with Gasteiger partial charge in [0.15, 0.2) is 0 Å². The Balaban J connectivity index is 1.71. The van der Waals surface area contributed by atoms with Gasteiger partial charge < -0.3 is 20.3 Å². The molecular weight excluding hydrogens is 331 g/mol. The summed E-state index contributed by atoms with van der Waals surface area (Å²) in [6.07, 6.45) is 1.75. The maximum atomic E-state index is 11.9. The predicted octanol–water partition coefficient (Wildman–Crippen LogP) is 1.30. The number of nitrogens with zero attached hydrogens (tertiary/aromatic N) is 2. The summed E-state index contributed by atoms with van der Waals surface area (Å²) in [6, 6.07) is 1.31. The molecule has 0 spiro atoms. The van der Waals surface area contributed by atoms with Gasteiger partial charge in [-0.3, -0.25) is 4.79 Å². The van der Waals surface area contributed by atoms with Crippen LogP contribution in [0.25, 0.3) is 0 Å². The number of hydrogen-bond donors (Lipinski definition) is 2. The van der Waals surface area contributed by atoms with Gasteiger partial charge in [-0.15, -0.1) is 0 Å². The number of carbonyl (C=O) groups excluding carboxylic acids is 2. The third-order valence-corrected chi connectivity index (χ3v) is 3.47. The molecule has 22 heavy (non-hydrogen) atoms. The van der Waals surface area contributed by atoms with Crippen LogP contribution >= 0.6 is 23.2 Å². The van der Waals surface area contributed by atoms with Crippen molar-refractivity contribution >= 4 is 35.1 Å². The molecule has 1 aliphatic rings. The predicted molar refractivity (Wildman–Crippen MR) is 82.4 cm³/mol. The quantitative estimate of drug-likeness (QED) is 0.805. The van der Waals surface area contributed by atoms with Gasteiger partial charge in [0.05, 0.1) is 11.6 Å². The molecular formula is C13H16Cl2N4O3. The fraction of sp³-hybridized carbons (Fsp3) is 0.462. The molecule has 3 amide bonds. The molecule has 2 rings (SSSR count). The van der Waals surface area contributed by atoms with Crippen molar-refractivity contribution < 1.29 is 14.3 Å². The number of aromatic nitrogens is 1. The zero-order valence-electron chi connectivity index (χ0n) is 11.8.